The van der Waals surface area contributed by atoms with Gasteiger partial charge in [-0.05, 0) is 25.0 Å². The van der Waals surface area contributed by atoms with Crippen LogP contribution in [0, 0.1) is 6.92 Å². The topological polar surface area (TPSA) is 32.8 Å². The third kappa shape index (κ3) is 4.52. The lowest BCUT2D eigenvalue weighted by Crippen LogP contribution is -2.49. The number of allylic oxidation sites excluding steroid dienone is 1. The molecule has 1 fully saturated rings. The van der Waals surface area contributed by atoms with Crippen LogP contribution in [0.25, 0.3) is 0 Å². The van der Waals surface area contributed by atoms with Crippen LogP contribution in [0.5, 0.6) is 0 Å². The summed E-state index contributed by atoms with van der Waals surface area (Å²) in [6, 6.07) is 8.38. The molecule has 4 nitrogen and oxygen atoms in total. The highest BCUT2D eigenvalue weighted by atomic mass is 16.6. The standard InChI is InChI=1S/C18H26N2O2/c1-3-4-5-8-15-22-18(21)20-13-11-19(12-14-20)17-10-7-6-9-16(17)2/h5-10H,3-4,11-15H2,1-2H3/b8-5+. The molecule has 22 heavy (non-hydrogen) atoms. The number of hydrogen-bond donors (Lipinski definition) is 0. The Morgan fingerprint density at radius 3 is 2.59 bits per heavy atom. The monoisotopic (exact) mass is 302 g/mol. The van der Waals surface area contributed by atoms with Crippen LogP contribution >= 0.6 is 0 Å². The molecule has 120 valence electrons. The van der Waals surface area contributed by atoms with Gasteiger partial charge in [-0.15, -0.1) is 0 Å². The lowest BCUT2D eigenvalue weighted by atomic mass is 10.1. The van der Waals surface area contributed by atoms with Crippen LogP contribution in [0.2, 0.25) is 0 Å². The number of amides is 1. The minimum absolute atomic E-state index is 0.203. The van der Waals surface area contributed by atoms with Crippen molar-refractivity contribution in [2.75, 3.05) is 37.7 Å². The van der Waals surface area contributed by atoms with Crippen molar-refractivity contribution in [2.24, 2.45) is 0 Å². The fourth-order valence-corrected chi connectivity index (χ4v) is 2.61. The van der Waals surface area contributed by atoms with E-state index in [-0.39, 0.29) is 6.09 Å². The Morgan fingerprint density at radius 2 is 1.91 bits per heavy atom. The molecule has 0 N–H and O–H groups in total. The molecular weight excluding hydrogens is 276 g/mol. The number of aryl methyl sites for hydroxylation is 1. The second kappa shape index (κ2) is 8.47. The molecule has 1 amide bonds. The second-order valence-corrected chi connectivity index (χ2v) is 5.60. The van der Waals surface area contributed by atoms with Gasteiger partial charge < -0.3 is 14.5 Å². The molecule has 0 radical (unpaired) electrons. The Balaban J connectivity index is 1.77. The van der Waals surface area contributed by atoms with Crippen molar-refractivity contribution in [3.8, 4) is 0 Å². The molecule has 1 aliphatic rings. The summed E-state index contributed by atoms with van der Waals surface area (Å²) in [6.07, 6.45) is 5.93. The first-order chi connectivity index (χ1) is 10.7. The summed E-state index contributed by atoms with van der Waals surface area (Å²) in [4.78, 5) is 16.1. The van der Waals surface area contributed by atoms with Gasteiger partial charge in [0.2, 0.25) is 0 Å². The Kier molecular flexibility index (Phi) is 6.31. The van der Waals surface area contributed by atoms with Crippen molar-refractivity contribution in [2.45, 2.75) is 26.7 Å². The fraction of sp³-hybridized carbons (Fsp3) is 0.500. The van der Waals surface area contributed by atoms with Gasteiger partial charge in [0.15, 0.2) is 0 Å². The van der Waals surface area contributed by atoms with Gasteiger partial charge in [-0.25, -0.2) is 4.79 Å². The zero-order valence-corrected chi connectivity index (χ0v) is 13.6. The minimum Gasteiger partial charge on any atom is -0.445 e. The van der Waals surface area contributed by atoms with E-state index >= 15 is 0 Å². The van der Waals surface area contributed by atoms with Crippen LogP contribution in [0.15, 0.2) is 36.4 Å². The zero-order valence-electron chi connectivity index (χ0n) is 13.6. The molecular formula is C18H26N2O2. The number of ether oxygens (including phenoxy) is 1. The van der Waals surface area contributed by atoms with E-state index in [4.69, 9.17) is 4.74 Å². The van der Waals surface area contributed by atoms with Crippen LogP contribution in [-0.4, -0.2) is 43.8 Å². The molecule has 0 unspecified atom stereocenters. The summed E-state index contributed by atoms with van der Waals surface area (Å²) in [7, 11) is 0. The van der Waals surface area contributed by atoms with Crippen molar-refractivity contribution in [3.63, 3.8) is 0 Å². The summed E-state index contributed by atoms with van der Waals surface area (Å²) in [6.45, 7) is 7.76. The van der Waals surface area contributed by atoms with Crippen LogP contribution in [0.4, 0.5) is 10.5 Å². The van der Waals surface area contributed by atoms with E-state index in [2.05, 4.69) is 49.1 Å². The van der Waals surface area contributed by atoms with E-state index in [1.54, 1.807) is 4.90 Å². The number of anilines is 1. The number of para-hydroxylation sites is 1. The van der Waals surface area contributed by atoms with Gasteiger partial charge in [0, 0.05) is 31.9 Å². The highest BCUT2D eigenvalue weighted by molar-refractivity contribution is 5.68. The molecule has 4 heteroatoms. The molecule has 1 aliphatic heterocycles. The zero-order chi connectivity index (χ0) is 15.8. The average molecular weight is 302 g/mol. The van der Waals surface area contributed by atoms with Gasteiger partial charge in [0.25, 0.3) is 0 Å². The van der Waals surface area contributed by atoms with Gasteiger partial charge in [-0.2, -0.15) is 0 Å². The fourth-order valence-electron chi connectivity index (χ4n) is 2.61. The molecule has 2 rings (SSSR count). The number of piperazine rings is 1. The van der Waals surface area contributed by atoms with Crippen molar-refractivity contribution in [1.29, 1.82) is 0 Å². The first-order valence-corrected chi connectivity index (χ1v) is 8.09. The number of nitrogens with zero attached hydrogens (tertiary/aromatic N) is 2. The molecule has 0 atom stereocenters. The maximum absolute atomic E-state index is 12.0. The lowest BCUT2D eigenvalue weighted by Gasteiger charge is -2.36. The summed E-state index contributed by atoms with van der Waals surface area (Å²) in [5, 5.41) is 0. The van der Waals surface area contributed by atoms with Crippen molar-refractivity contribution in [3.05, 3.63) is 42.0 Å². The minimum atomic E-state index is -0.203. The summed E-state index contributed by atoms with van der Waals surface area (Å²) in [5.41, 5.74) is 2.54. The number of carbonyl (C=O) groups is 1. The number of carbonyl (C=O) groups excluding carboxylic acids is 1. The number of hydrogen-bond acceptors (Lipinski definition) is 3. The molecule has 0 saturated carbocycles. The van der Waals surface area contributed by atoms with E-state index in [9.17, 15) is 4.79 Å². The van der Waals surface area contributed by atoms with E-state index in [1.807, 2.05) is 6.08 Å². The van der Waals surface area contributed by atoms with Gasteiger partial charge >= 0.3 is 6.09 Å². The molecule has 0 spiro atoms. The Bertz CT molecular complexity index is 506. The predicted molar refractivity (Wildman–Crippen MR) is 90.4 cm³/mol. The molecule has 0 aromatic heterocycles. The largest absolute Gasteiger partial charge is 0.445 e. The van der Waals surface area contributed by atoms with Crippen LogP contribution < -0.4 is 4.90 Å². The van der Waals surface area contributed by atoms with Crippen molar-refractivity contribution >= 4 is 11.8 Å². The van der Waals surface area contributed by atoms with Gasteiger partial charge in [-0.1, -0.05) is 43.7 Å². The maximum Gasteiger partial charge on any atom is 0.410 e. The first kappa shape index (κ1) is 16.4. The predicted octanol–water partition coefficient (Wildman–Crippen LogP) is 3.61. The Morgan fingerprint density at radius 1 is 1.18 bits per heavy atom. The van der Waals surface area contributed by atoms with E-state index < -0.39 is 0 Å². The Labute approximate surface area is 133 Å². The highest BCUT2D eigenvalue weighted by Gasteiger charge is 2.22. The smallest absolute Gasteiger partial charge is 0.410 e. The normalized spacial score (nSPS) is 15.4. The summed E-state index contributed by atoms with van der Waals surface area (Å²) >= 11 is 0. The average Bonchev–Trinajstić information content (AvgIpc) is 2.55. The SMILES string of the molecule is CCC/C=C/COC(=O)N1CCN(c2ccccc2C)CC1. The number of rotatable bonds is 5. The molecule has 1 aromatic carbocycles. The van der Waals surface area contributed by atoms with Crippen molar-refractivity contribution < 1.29 is 9.53 Å². The quantitative estimate of drug-likeness (QED) is 0.779. The number of unbranched alkanes of at least 4 members (excludes halogenated alkanes) is 1. The number of benzene rings is 1. The lowest BCUT2D eigenvalue weighted by molar-refractivity contribution is 0.110. The molecule has 0 aliphatic carbocycles. The summed E-state index contributed by atoms with van der Waals surface area (Å²) < 4.78 is 5.27. The van der Waals surface area contributed by atoms with Crippen LogP contribution in [0.1, 0.15) is 25.3 Å². The van der Waals surface area contributed by atoms with Gasteiger partial charge in [0.1, 0.15) is 6.61 Å². The third-order valence-electron chi connectivity index (χ3n) is 3.92. The third-order valence-corrected chi connectivity index (χ3v) is 3.92. The molecule has 1 aromatic rings. The first-order valence-electron chi connectivity index (χ1n) is 8.09. The molecule has 0 bridgehead atoms. The second-order valence-electron chi connectivity index (χ2n) is 5.60. The van der Waals surface area contributed by atoms with Gasteiger partial charge in [-0.3, -0.25) is 0 Å². The van der Waals surface area contributed by atoms with Crippen molar-refractivity contribution in [1.82, 2.24) is 4.90 Å². The Hall–Kier alpha value is -1.97. The molecule has 1 saturated heterocycles. The molecule has 1 heterocycles. The van der Waals surface area contributed by atoms with Crippen LogP contribution in [-0.2, 0) is 4.74 Å². The highest BCUT2D eigenvalue weighted by Crippen LogP contribution is 2.20. The van der Waals surface area contributed by atoms with Gasteiger partial charge in [0.05, 0.1) is 0 Å². The van der Waals surface area contributed by atoms with Crippen LogP contribution in [0.3, 0.4) is 0 Å². The van der Waals surface area contributed by atoms with E-state index in [0.717, 1.165) is 25.9 Å². The summed E-state index contributed by atoms with van der Waals surface area (Å²) in [5.74, 6) is 0. The maximum atomic E-state index is 12.0. The van der Waals surface area contributed by atoms with E-state index in [0.29, 0.717) is 19.7 Å². The van der Waals surface area contributed by atoms with E-state index in [1.165, 1.54) is 11.3 Å².